The van der Waals surface area contributed by atoms with Gasteiger partial charge < -0.3 is 5.32 Å². The van der Waals surface area contributed by atoms with Crippen molar-refractivity contribution in [3.05, 3.63) is 52.0 Å². The molecule has 0 amide bonds. The van der Waals surface area contributed by atoms with E-state index in [-0.39, 0.29) is 0 Å². The number of piperazine rings is 1. The zero-order valence-electron chi connectivity index (χ0n) is 11.9. The van der Waals surface area contributed by atoms with E-state index in [1.54, 1.807) is 11.3 Å². The van der Waals surface area contributed by atoms with Gasteiger partial charge in [0, 0.05) is 37.6 Å². The van der Waals surface area contributed by atoms with Gasteiger partial charge in [-0.2, -0.15) is 0 Å². The van der Waals surface area contributed by atoms with Crippen molar-refractivity contribution in [2.24, 2.45) is 0 Å². The lowest BCUT2D eigenvalue weighted by Gasteiger charge is -2.33. The number of hydrogen-bond acceptors (Lipinski definition) is 4. The highest BCUT2D eigenvalue weighted by molar-refractivity contribution is 7.09. The fraction of sp³-hybridized carbons (Fsp3) is 0.438. The van der Waals surface area contributed by atoms with Crippen LogP contribution in [-0.4, -0.2) is 35.6 Å². The molecule has 0 radical (unpaired) electrons. The average Bonchev–Trinajstić information content (AvgIpc) is 2.86. The van der Waals surface area contributed by atoms with E-state index in [1.807, 2.05) is 0 Å². The van der Waals surface area contributed by atoms with Crippen LogP contribution in [0, 0.1) is 6.92 Å². The Morgan fingerprint density at radius 2 is 2.20 bits per heavy atom. The Morgan fingerprint density at radius 1 is 1.35 bits per heavy atom. The SMILES string of the molecule is Cc1nc(CN2CCNC(Cc3ccccc3)C2)cs1. The Morgan fingerprint density at radius 3 is 2.95 bits per heavy atom. The maximum absolute atomic E-state index is 4.57. The van der Waals surface area contributed by atoms with Gasteiger partial charge in [-0.05, 0) is 18.9 Å². The molecule has 4 heteroatoms. The van der Waals surface area contributed by atoms with Crippen LogP contribution in [-0.2, 0) is 13.0 Å². The van der Waals surface area contributed by atoms with Crippen molar-refractivity contribution in [2.45, 2.75) is 25.9 Å². The molecule has 1 unspecified atom stereocenters. The third kappa shape index (κ3) is 3.66. The smallest absolute Gasteiger partial charge is 0.0897 e. The lowest BCUT2D eigenvalue weighted by molar-refractivity contribution is 0.190. The maximum atomic E-state index is 4.57. The molecule has 106 valence electrons. The quantitative estimate of drug-likeness (QED) is 0.936. The highest BCUT2D eigenvalue weighted by atomic mass is 32.1. The van der Waals surface area contributed by atoms with Crippen molar-refractivity contribution >= 4 is 11.3 Å². The normalized spacial score (nSPS) is 20.1. The summed E-state index contributed by atoms with van der Waals surface area (Å²) in [7, 11) is 0. The predicted octanol–water partition coefficient (Wildman–Crippen LogP) is 2.47. The van der Waals surface area contributed by atoms with E-state index >= 15 is 0 Å². The van der Waals surface area contributed by atoms with Gasteiger partial charge in [0.05, 0.1) is 10.7 Å². The number of rotatable bonds is 4. The van der Waals surface area contributed by atoms with E-state index in [0.717, 1.165) is 37.6 Å². The summed E-state index contributed by atoms with van der Waals surface area (Å²) in [6.45, 7) is 6.34. The summed E-state index contributed by atoms with van der Waals surface area (Å²) < 4.78 is 0. The molecule has 0 saturated carbocycles. The summed E-state index contributed by atoms with van der Waals surface area (Å²) in [5, 5.41) is 6.98. The molecule has 1 saturated heterocycles. The minimum absolute atomic E-state index is 0.547. The number of aromatic nitrogens is 1. The van der Waals surface area contributed by atoms with E-state index in [2.05, 4.69) is 57.8 Å². The first-order chi connectivity index (χ1) is 9.79. The van der Waals surface area contributed by atoms with E-state index in [4.69, 9.17) is 0 Å². The minimum Gasteiger partial charge on any atom is -0.311 e. The monoisotopic (exact) mass is 287 g/mol. The summed E-state index contributed by atoms with van der Waals surface area (Å²) >= 11 is 1.74. The third-order valence-corrected chi connectivity index (χ3v) is 4.54. The van der Waals surface area contributed by atoms with E-state index in [1.165, 1.54) is 11.3 Å². The molecule has 0 bridgehead atoms. The Bertz CT molecular complexity index is 538. The molecule has 20 heavy (non-hydrogen) atoms. The first-order valence-electron chi connectivity index (χ1n) is 7.20. The first-order valence-corrected chi connectivity index (χ1v) is 8.08. The fourth-order valence-electron chi connectivity index (χ4n) is 2.78. The second-order valence-corrected chi connectivity index (χ2v) is 6.50. The van der Waals surface area contributed by atoms with Crippen molar-refractivity contribution < 1.29 is 0 Å². The topological polar surface area (TPSA) is 28.2 Å². The van der Waals surface area contributed by atoms with Crippen LogP contribution in [0.1, 0.15) is 16.3 Å². The number of thiazole rings is 1. The van der Waals surface area contributed by atoms with Crippen LogP contribution in [0.4, 0.5) is 0 Å². The molecular formula is C16H21N3S. The van der Waals surface area contributed by atoms with Crippen LogP contribution >= 0.6 is 11.3 Å². The second-order valence-electron chi connectivity index (χ2n) is 5.43. The third-order valence-electron chi connectivity index (χ3n) is 3.72. The van der Waals surface area contributed by atoms with Crippen molar-refractivity contribution in [1.82, 2.24) is 15.2 Å². The molecule has 3 nitrogen and oxygen atoms in total. The van der Waals surface area contributed by atoms with E-state index in [0.29, 0.717) is 6.04 Å². The molecule has 1 atom stereocenters. The zero-order valence-corrected chi connectivity index (χ0v) is 12.7. The average molecular weight is 287 g/mol. The molecule has 1 aliphatic rings. The highest BCUT2D eigenvalue weighted by Gasteiger charge is 2.20. The second kappa shape index (κ2) is 6.48. The lowest BCUT2D eigenvalue weighted by atomic mass is 10.0. The van der Waals surface area contributed by atoms with Gasteiger partial charge in [-0.15, -0.1) is 11.3 Å². The van der Waals surface area contributed by atoms with Gasteiger partial charge in [-0.3, -0.25) is 4.90 Å². The molecule has 1 aromatic heterocycles. The molecule has 0 spiro atoms. The van der Waals surface area contributed by atoms with Crippen LogP contribution in [0.15, 0.2) is 35.7 Å². The van der Waals surface area contributed by atoms with Crippen LogP contribution in [0.2, 0.25) is 0 Å². The summed E-state index contributed by atoms with van der Waals surface area (Å²) in [4.78, 5) is 7.08. The molecule has 2 aromatic rings. The highest BCUT2D eigenvalue weighted by Crippen LogP contribution is 2.13. The molecule has 2 heterocycles. The van der Waals surface area contributed by atoms with Gasteiger partial charge in [0.2, 0.25) is 0 Å². The standard InChI is InChI=1S/C16H21N3S/c1-13-18-16(12-20-13)11-19-8-7-17-15(10-19)9-14-5-3-2-4-6-14/h2-6,12,15,17H,7-11H2,1H3. The zero-order chi connectivity index (χ0) is 13.8. The maximum Gasteiger partial charge on any atom is 0.0897 e. The largest absolute Gasteiger partial charge is 0.311 e. The first kappa shape index (κ1) is 13.7. The number of benzene rings is 1. The van der Waals surface area contributed by atoms with Gasteiger partial charge in [0.25, 0.3) is 0 Å². The molecule has 1 N–H and O–H groups in total. The van der Waals surface area contributed by atoms with Crippen LogP contribution in [0.3, 0.4) is 0 Å². The van der Waals surface area contributed by atoms with Crippen LogP contribution < -0.4 is 5.32 Å². The number of nitrogens with one attached hydrogen (secondary N) is 1. The Labute approximate surface area is 124 Å². The van der Waals surface area contributed by atoms with E-state index in [9.17, 15) is 0 Å². The van der Waals surface area contributed by atoms with Crippen molar-refractivity contribution in [2.75, 3.05) is 19.6 Å². The Hall–Kier alpha value is -1.23. The summed E-state index contributed by atoms with van der Waals surface area (Å²) in [6, 6.07) is 11.3. The van der Waals surface area contributed by atoms with Gasteiger partial charge in [-0.25, -0.2) is 4.98 Å². The minimum atomic E-state index is 0.547. The summed E-state index contributed by atoms with van der Waals surface area (Å²) in [5.41, 5.74) is 2.63. The molecular weight excluding hydrogens is 266 g/mol. The van der Waals surface area contributed by atoms with Crippen LogP contribution in [0.5, 0.6) is 0 Å². The Kier molecular flexibility index (Phi) is 4.45. The van der Waals surface area contributed by atoms with Crippen molar-refractivity contribution in [1.29, 1.82) is 0 Å². The molecule has 1 aliphatic heterocycles. The van der Waals surface area contributed by atoms with E-state index < -0.39 is 0 Å². The molecule has 1 aromatic carbocycles. The predicted molar refractivity (Wildman–Crippen MR) is 84.1 cm³/mol. The van der Waals surface area contributed by atoms with Gasteiger partial charge in [0.15, 0.2) is 0 Å². The Balaban J connectivity index is 1.56. The number of nitrogens with zero attached hydrogens (tertiary/aromatic N) is 2. The number of aryl methyl sites for hydroxylation is 1. The van der Waals surface area contributed by atoms with Gasteiger partial charge in [0.1, 0.15) is 0 Å². The summed E-state index contributed by atoms with van der Waals surface area (Å²) in [6.07, 6.45) is 1.10. The van der Waals surface area contributed by atoms with Gasteiger partial charge in [-0.1, -0.05) is 30.3 Å². The number of hydrogen-bond donors (Lipinski definition) is 1. The van der Waals surface area contributed by atoms with Crippen molar-refractivity contribution in [3.63, 3.8) is 0 Å². The molecule has 1 fully saturated rings. The summed E-state index contributed by atoms with van der Waals surface area (Å²) in [5.74, 6) is 0. The fourth-order valence-corrected chi connectivity index (χ4v) is 3.39. The van der Waals surface area contributed by atoms with Crippen LogP contribution in [0.25, 0.3) is 0 Å². The molecule has 0 aliphatic carbocycles. The van der Waals surface area contributed by atoms with Gasteiger partial charge >= 0.3 is 0 Å². The lowest BCUT2D eigenvalue weighted by Crippen LogP contribution is -2.51. The molecule has 3 rings (SSSR count). The van der Waals surface area contributed by atoms with Crippen molar-refractivity contribution in [3.8, 4) is 0 Å².